The first-order valence-corrected chi connectivity index (χ1v) is 26.0. The normalized spacial score (nSPS) is 13.5. The van der Waals surface area contributed by atoms with Crippen molar-refractivity contribution in [3.63, 3.8) is 0 Å². The number of carbonyl (C=O) groups is 3. The number of unbranched alkanes of at least 4 members (excludes halogenated alkanes) is 21. The molecule has 0 radical (unpaired) electrons. The van der Waals surface area contributed by atoms with Gasteiger partial charge < -0.3 is 28.6 Å². The van der Waals surface area contributed by atoms with Crippen molar-refractivity contribution in [3.8, 4) is 0 Å². The summed E-state index contributed by atoms with van der Waals surface area (Å²) in [6.07, 6.45) is 59.2. The molecule has 8 nitrogen and oxygen atoms in total. The van der Waals surface area contributed by atoms with E-state index in [2.05, 4.69) is 86.8 Å². The first-order chi connectivity index (χ1) is 31.1. The molecule has 0 aliphatic rings. The summed E-state index contributed by atoms with van der Waals surface area (Å²) < 4.78 is 17.2. The van der Waals surface area contributed by atoms with Crippen molar-refractivity contribution in [1.29, 1.82) is 0 Å². The lowest BCUT2D eigenvalue weighted by Crippen LogP contribution is -2.55. The van der Waals surface area contributed by atoms with E-state index in [1.807, 2.05) is 0 Å². The van der Waals surface area contributed by atoms with Crippen LogP contribution in [0.25, 0.3) is 0 Å². The molecular formula is C56H97NO7. The zero-order valence-electron chi connectivity index (χ0n) is 41.9. The minimum absolute atomic E-state index is 0.0291. The van der Waals surface area contributed by atoms with E-state index in [0.29, 0.717) is 12.8 Å². The fraction of sp³-hybridized carbons (Fsp3) is 0.732. The highest BCUT2D eigenvalue weighted by atomic mass is 16.6. The maximum atomic E-state index is 12.8. The van der Waals surface area contributed by atoms with Crippen LogP contribution in [0.4, 0.5) is 0 Å². The van der Waals surface area contributed by atoms with Crippen LogP contribution in [0, 0.1) is 0 Å². The predicted octanol–water partition coefficient (Wildman–Crippen LogP) is 13.8. The smallest absolute Gasteiger partial charge is 0.306 e. The minimum atomic E-state index is -1.13. The second kappa shape index (κ2) is 46.3. The Labute approximate surface area is 393 Å². The largest absolute Gasteiger partial charge is 0.544 e. The van der Waals surface area contributed by atoms with Crippen LogP contribution in [0.3, 0.4) is 0 Å². The van der Waals surface area contributed by atoms with Crippen LogP contribution in [0.15, 0.2) is 72.9 Å². The molecule has 0 aromatic heterocycles. The number of nitrogens with zero attached hydrogens (tertiary/aromatic N) is 1. The number of aliphatic carboxylic acids is 1. The van der Waals surface area contributed by atoms with Gasteiger partial charge in [0.2, 0.25) is 0 Å². The van der Waals surface area contributed by atoms with Crippen molar-refractivity contribution >= 4 is 17.9 Å². The summed E-state index contributed by atoms with van der Waals surface area (Å²) in [5, 5.41) is 11.7. The Morgan fingerprint density at radius 3 is 1.31 bits per heavy atom. The van der Waals surface area contributed by atoms with Gasteiger partial charge in [-0.2, -0.15) is 0 Å². The van der Waals surface area contributed by atoms with E-state index in [9.17, 15) is 19.5 Å². The molecule has 2 atom stereocenters. The van der Waals surface area contributed by atoms with Gasteiger partial charge in [-0.05, 0) is 83.5 Å². The number of carboxylic acids is 1. The monoisotopic (exact) mass is 896 g/mol. The van der Waals surface area contributed by atoms with Crippen molar-refractivity contribution < 1.29 is 38.2 Å². The second-order valence-electron chi connectivity index (χ2n) is 18.4. The Kier molecular flexibility index (Phi) is 44.0. The molecule has 0 saturated heterocycles. The SMILES string of the molecule is CCCCC/C=C/C=C/CCCCCCCCCCCCC(=O)OCC(COCCC(C(=O)[O-])[N+](C)(C)C)OC(=O)CCCCCCC/C=C/C/C=C/C/C=C/C/C=C/CCCCC. The third-order valence-electron chi connectivity index (χ3n) is 11.3. The summed E-state index contributed by atoms with van der Waals surface area (Å²) >= 11 is 0. The molecule has 0 N–H and O–H groups in total. The molecule has 0 aliphatic carbocycles. The van der Waals surface area contributed by atoms with Gasteiger partial charge in [0.15, 0.2) is 6.10 Å². The molecule has 0 aromatic carbocycles. The molecule has 0 fully saturated rings. The van der Waals surface area contributed by atoms with Gasteiger partial charge in [-0.1, -0.05) is 183 Å². The Bertz CT molecular complexity index is 1270. The van der Waals surface area contributed by atoms with Crippen LogP contribution >= 0.6 is 0 Å². The highest BCUT2D eigenvalue weighted by molar-refractivity contribution is 5.70. The highest BCUT2D eigenvalue weighted by Gasteiger charge is 2.25. The lowest BCUT2D eigenvalue weighted by Gasteiger charge is -2.34. The van der Waals surface area contributed by atoms with Gasteiger partial charge >= 0.3 is 11.9 Å². The Morgan fingerprint density at radius 2 is 0.875 bits per heavy atom. The second-order valence-corrected chi connectivity index (χ2v) is 18.4. The van der Waals surface area contributed by atoms with Gasteiger partial charge in [0, 0.05) is 19.3 Å². The van der Waals surface area contributed by atoms with Crippen molar-refractivity contribution in [3.05, 3.63) is 72.9 Å². The standard InChI is InChI=1S/C56H97NO7/c1-6-8-10-12-14-16-18-20-22-24-26-27-29-31-33-35-37-39-41-43-45-47-55(59)64-52(50-62-49-48-53(56(60)61)57(3,4)5)51-63-54(58)46-44-42-40-38-36-34-32-30-28-25-23-21-19-17-15-13-11-9-7-2/h14-17,19-22,26-27,31,33,52-53H,6-13,18,23-25,28-30,32,34-51H2,1-5H3/b16-14+,17-15+,21-19+,22-20+,27-26+,33-31+. The third kappa shape index (κ3) is 44.0. The molecule has 0 heterocycles. The molecule has 2 unspecified atom stereocenters. The van der Waals surface area contributed by atoms with E-state index in [1.165, 1.54) is 103 Å². The molecule has 0 bridgehead atoms. The number of likely N-dealkylation sites (N-methyl/N-ethyl adjacent to an activating group) is 1. The molecule has 0 aromatic rings. The first kappa shape index (κ1) is 60.8. The fourth-order valence-corrected chi connectivity index (χ4v) is 7.28. The van der Waals surface area contributed by atoms with Crippen LogP contribution in [0.5, 0.6) is 0 Å². The Hall–Kier alpha value is -3.23. The van der Waals surface area contributed by atoms with E-state index in [4.69, 9.17) is 14.2 Å². The summed E-state index contributed by atoms with van der Waals surface area (Å²) in [7, 11) is 5.40. The summed E-state index contributed by atoms with van der Waals surface area (Å²) in [4.78, 5) is 37.1. The number of hydrogen-bond donors (Lipinski definition) is 0. The molecule has 368 valence electrons. The van der Waals surface area contributed by atoms with E-state index in [0.717, 1.165) is 77.0 Å². The predicted molar refractivity (Wildman–Crippen MR) is 268 cm³/mol. The zero-order valence-corrected chi connectivity index (χ0v) is 41.9. The Balaban J connectivity index is 4.30. The fourth-order valence-electron chi connectivity index (χ4n) is 7.28. The third-order valence-corrected chi connectivity index (χ3v) is 11.3. The topological polar surface area (TPSA) is 102 Å². The molecular weight excluding hydrogens is 799 g/mol. The summed E-state index contributed by atoms with van der Waals surface area (Å²) in [6.45, 7) is 4.59. The molecule has 0 spiro atoms. The van der Waals surface area contributed by atoms with Gasteiger partial charge in [0.1, 0.15) is 12.6 Å². The van der Waals surface area contributed by atoms with E-state index in [1.54, 1.807) is 21.1 Å². The highest BCUT2D eigenvalue weighted by Crippen LogP contribution is 2.14. The lowest BCUT2D eigenvalue weighted by atomic mass is 10.1. The first-order valence-electron chi connectivity index (χ1n) is 26.0. The summed E-state index contributed by atoms with van der Waals surface area (Å²) in [5.74, 6) is -1.76. The maximum absolute atomic E-state index is 12.8. The van der Waals surface area contributed by atoms with E-state index in [-0.39, 0.29) is 42.7 Å². The summed E-state index contributed by atoms with van der Waals surface area (Å²) in [6, 6.07) is -0.734. The van der Waals surface area contributed by atoms with Crippen LogP contribution < -0.4 is 5.11 Å². The average Bonchev–Trinajstić information content (AvgIpc) is 3.26. The van der Waals surface area contributed by atoms with Gasteiger partial charge in [0.25, 0.3) is 0 Å². The number of allylic oxidation sites excluding steroid dienone is 12. The molecule has 0 saturated carbocycles. The van der Waals surface area contributed by atoms with Crippen molar-refractivity contribution in [2.45, 2.75) is 225 Å². The van der Waals surface area contributed by atoms with Gasteiger partial charge in [-0.3, -0.25) is 9.59 Å². The van der Waals surface area contributed by atoms with Crippen molar-refractivity contribution in [2.75, 3.05) is 41.0 Å². The maximum Gasteiger partial charge on any atom is 0.306 e. The number of carboxylic acid groups (broad SMARTS) is 1. The average molecular weight is 896 g/mol. The van der Waals surface area contributed by atoms with Crippen LogP contribution in [-0.2, 0) is 28.6 Å². The Morgan fingerprint density at radius 1 is 0.484 bits per heavy atom. The number of quaternary nitrogens is 1. The lowest BCUT2D eigenvalue weighted by molar-refractivity contribution is -0.889. The number of rotatable bonds is 46. The molecule has 8 heteroatoms. The number of carbonyl (C=O) groups excluding carboxylic acids is 3. The summed E-state index contributed by atoms with van der Waals surface area (Å²) in [5.41, 5.74) is 0. The van der Waals surface area contributed by atoms with Gasteiger partial charge in [-0.15, -0.1) is 0 Å². The van der Waals surface area contributed by atoms with Crippen molar-refractivity contribution in [2.24, 2.45) is 0 Å². The van der Waals surface area contributed by atoms with E-state index < -0.39 is 18.1 Å². The van der Waals surface area contributed by atoms with Crippen LogP contribution in [0.2, 0.25) is 0 Å². The van der Waals surface area contributed by atoms with Gasteiger partial charge in [-0.25, -0.2) is 0 Å². The number of ether oxygens (including phenoxy) is 3. The van der Waals surface area contributed by atoms with E-state index >= 15 is 0 Å². The van der Waals surface area contributed by atoms with Gasteiger partial charge in [0.05, 0.1) is 40.3 Å². The van der Waals surface area contributed by atoms with Crippen molar-refractivity contribution in [1.82, 2.24) is 0 Å². The number of hydrogen-bond acceptors (Lipinski definition) is 7. The zero-order chi connectivity index (χ0) is 47.0. The molecule has 0 amide bonds. The molecule has 0 rings (SSSR count). The number of esters is 2. The minimum Gasteiger partial charge on any atom is -0.544 e. The molecule has 0 aliphatic heterocycles. The molecule has 64 heavy (non-hydrogen) atoms. The van der Waals surface area contributed by atoms with Crippen LogP contribution in [-0.4, -0.2) is 75.5 Å². The quantitative estimate of drug-likeness (QED) is 0.0197. The van der Waals surface area contributed by atoms with Crippen LogP contribution in [0.1, 0.15) is 213 Å².